The van der Waals surface area contributed by atoms with Crippen molar-refractivity contribution in [3.8, 4) is 0 Å². The third-order valence-corrected chi connectivity index (χ3v) is 5.55. The minimum Gasteiger partial charge on any atom is -0.481 e. The molecule has 15 nitrogen and oxygen atoms in total. The highest BCUT2D eigenvalue weighted by Crippen LogP contribution is 2.08. The summed E-state index contributed by atoms with van der Waals surface area (Å²) in [6.07, 6.45) is 5.33. The number of aromatic amines is 2. The minimum atomic E-state index is -1.21. The number of carboxylic acids is 2. The zero-order valence-corrected chi connectivity index (χ0v) is 21.1. The number of carbonyl (C=O) groups excluding carboxylic acids is 3. The number of nitrogens with two attached hydrogens (primary N) is 1. The van der Waals surface area contributed by atoms with Crippen molar-refractivity contribution in [2.24, 2.45) is 11.7 Å². The van der Waals surface area contributed by atoms with Crippen molar-refractivity contribution in [2.45, 2.75) is 70.1 Å². The highest BCUT2D eigenvalue weighted by Gasteiger charge is 2.31. The van der Waals surface area contributed by atoms with E-state index in [1.807, 2.05) is 13.8 Å². The average Bonchev–Trinajstić information content (AvgIpc) is 3.55. The van der Waals surface area contributed by atoms with Gasteiger partial charge in [-0.1, -0.05) is 13.8 Å². The second-order valence-corrected chi connectivity index (χ2v) is 9.25. The summed E-state index contributed by atoms with van der Waals surface area (Å²) in [5.41, 5.74) is 6.80. The zero-order valence-electron chi connectivity index (χ0n) is 21.1. The fraction of sp³-hybridized carbons (Fsp3) is 0.522. The van der Waals surface area contributed by atoms with Crippen molar-refractivity contribution in [3.05, 3.63) is 36.4 Å². The van der Waals surface area contributed by atoms with E-state index in [0.717, 1.165) is 0 Å². The Morgan fingerprint density at radius 2 is 1.32 bits per heavy atom. The van der Waals surface area contributed by atoms with Crippen LogP contribution in [0.4, 0.5) is 0 Å². The molecule has 0 bridgehead atoms. The molecule has 2 rings (SSSR count). The molecule has 15 heteroatoms. The Bertz CT molecular complexity index is 1070. The summed E-state index contributed by atoms with van der Waals surface area (Å²) in [5, 5.41) is 25.9. The first-order valence-corrected chi connectivity index (χ1v) is 12.0. The number of nitrogens with zero attached hydrogens (tertiary/aromatic N) is 2. The molecule has 38 heavy (non-hydrogen) atoms. The monoisotopic (exact) mass is 534 g/mol. The van der Waals surface area contributed by atoms with Crippen molar-refractivity contribution in [1.82, 2.24) is 35.9 Å². The van der Waals surface area contributed by atoms with Crippen LogP contribution in [0.25, 0.3) is 0 Å². The van der Waals surface area contributed by atoms with Gasteiger partial charge in [0.2, 0.25) is 17.7 Å². The first kappa shape index (κ1) is 30.0. The predicted octanol–water partition coefficient (Wildman–Crippen LogP) is -1.30. The van der Waals surface area contributed by atoms with E-state index in [0.29, 0.717) is 11.4 Å². The van der Waals surface area contributed by atoms with E-state index >= 15 is 0 Å². The molecule has 2 heterocycles. The fourth-order valence-corrected chi connectivity index (χ4v) is 3.58. The van der Waals surface area contributed by atoms with E-state index in [2.05, 4.69) is 35.9 Å². The van der Waals surface area contributed by atoms with Gasteiger partial charge in [0.15, 0.2) is 0 Å². The van der Waals surface area contributed by atoms with E-state index in [1.54, 1.807) is 0 Å². The maximum Gasteiger partial charge on any atom is 0.326 e. The quantitative estimate of drug-likeness (QED) is 0.126. The van der Waals surface area contributed by atoms with Crippen LogP contribution in [0.5, 0.6) is 0 Å². The van der Waals surface area contributed by atoms with Crippen molar-refractivity contribution >= 4 is 29.7 Å². The number of nitrogens with one attached hydrogen (secondary N) is 5. The molecule has 0 saturated heterocycles. The number of rotatable bonds is 16. The normalized spacial score (nSPS) is 14.2. The van der Waals surface area contributed by atoms with Gasteiger partial charge in [-0.05, 0) is 18.8 Å². The van der Waals surface area contributed by atoms with Gasteiger partial charge >= 0.3 is 11.9 Å². The summed E-state index contributed by atoms with van der Waals surface area (Å²) < 4.78 is 0. The molecule has 0 fully saturated rings. The molecule has 0 aliphatic heterocycles. The van der Waals surface area contributed by atoms with E-state index in [9.17, 15) is 29.1 Å². The van der Waals surface area contributed by atoms with Gasteiger partial charge in [0.1, 0.15) is 18.1 Å². The Hall–Kier alpha value is -4.27. The molecule has 9 N–H and O–H groups in total. The molecule has 208 valence electrons. The maximum atomic E-state index is 13.3. The summed E-state index contributed by atoms with van der Waals surface area (Å²) in [6, 6.07) is -4.77. The molecule has 0 radical (unpaired) electrons. The van der Waals surface area contributed by atoms with Crippen LogP contribution in [-0.4, -0.2) is 84.0 Å². The summed E-state index contributed by atoms with van der Waals surface area (Å²) in [6.45, 7) is 3.63. The van der Waals surface area contributed by atoms with Gasteiger partial charge in [0.05, 0.1) is 18.7 Å². The summed E-state index contributed by atoms with van der Waals surface area (Å²) >= 11 is 0. The molecule has 0 aromatic carbocycles. The maximum absolute atomic E-state index is 13.3. The molecular weight excluding hydrogens is 500 g/mol. The van der Waals surface area contributed by atoms with Gasteiger partial charge in [-0.25, -0.2) is 14.8 Å². The Balaban J connectivity index is 2.22. The fourth-order valence-electron chi connectivity index (χ4n) is 3.58. The first-order chi connectivity index (χ1) is 18.0. The lowest BCUT2D eigenvalue weighted by Gasteiger charge is -2.25. The second kappa shape index (κ2) is 14.5. The van der Waals surface area contributed by atoms with Gasteiger partial charge < -0.3 is 41.9 Å². The van der Waals surface area contributed by atoms with Crippen LogP contribution < -0.4 is 21.7 Å². The highest BCUT2D eigenvalue weighted by atomic mass is 16.4. The van der Waals surface area contributed by atoms with Crippen molar-refractivity contribution in [3.63, 3.8) is 0 Å². The van der Waals surface area contributed by atoms with Crippen molar-refractivity contribution in [2.75, 3.05) is 0 Å². The molecule has 4 unspecified atom stereocenters. The number of imidazole rings is 2. The van der Waals surface area contributed by atoms with Crippen molar-refractivity contribution < 1.29 is 34.2 Å². The van der Waals surface area contributed by atoms with Crippen LogP contribution in [0.15, 0.2) is 25.0 Å². The van der Waals surface area contributed by atoms with Gasteiger partial charge in [-0.15, -0.1) is 0 Å². The zero-order chi connectivity index (χ0) is 28.2. The van der Waals surface area contributed by atoms with E-state index in [4.69, 9.17) is 10.8 Å². The summed E-state index contributed by atoms with van der Waals surface area (Å²) in [7, 11) is 0. The number of amides is 3. The second-order valence-electron chi connectivity index (χ2n) is 9.25. The van der Waals surface area contributed by atoms with Crippen molar-refractivity contribution in [1.29, 1.82) is 0 Å². The molecule has 0 spiro atoms. The van der Waals surface area contributed by atoms with Crippen LogP contribution >= 0.6 is 0 Å². The van der Waals surface area contributed by atoms with Crippen LogP contribution in [0.1, 0.15) is 44.5 Å². The van der Waals surface area contributed by atoms with Crippen LogP contribution in [-0.2, 0) is 36.8 Å². The molecular formula is C23H34N8O7. The largest absolute Gasteiger partial charge is 0.481 e. The Labute approximate surface area is 218 Å². The topological polar surface area (TPSA) is 245 Å². The number of carbonyl (C=O) groups is 5. The molecule has 0 saturated carbocycles. The number of hydrogen-bond donors (Lipinski definition) is 8. The summed E-state index contributed by atoms with van der Waals surface area (Å²) in [4.78, 5) is 75.0. The van der Waals surface area contributed by atoms with Gasteiger partial charge in [-0.3, -0.25) is 19.2 Å². The van der Waals surface area contributed by atoms with Crippen LogP contribution in [0.3, 0.4) is 0 Å². The average molecular weight is 535 g/mol. The van der Waals surface area contributed by atoms with E-state index in [-0.39, 0.29) is 38.0 Å². The molecule has 0 aliphatic rings. The molecule has 4 atom stereocenters. The molecule has 2 aromatic heterocycles. The lowest BCUT2D eigenvalue weighted by atomic mass is 10.0. The lowest BCUT2D eigenvalue weighted by Crippen LogP contribution is -2.58. The van der Waals surface area contributed by atoms with E-state index in [1.165, 1.54) is 25.0 Å². The number of aliphatic carboxylic acids is 2. The highest BCUT2D eigenvalue weighted by molar-refractivity contribution is 5.94. The number of carboxylic acid groups (broad SMARTS) is 2. The predicted molar refractivity (Wildman–Crippen MR) is 132 cm³/mol. The van der Waals surface area contributed by atoms with Crippen LogP contribution in [0.2, 0.25) is 0 Å². The molecule has 2 aromatic rings. The summed E-state index contributed by atoms with van der Waals surface area (Å²) in [5.74, 6) is -4.57. The number of aromatic nitrogens is 4. The lowest BCUT2D eigenvalue weighted by molar-refractivity contribution is -0.143. The Morgan fingerprint density at radius 3 is 1.71 bits per heavy atom. The number of hydrogen-bond acceptors (Lipinski definition) is 8. The van der Waals surface area contributed by atoms with Gasteiger partial charge in [-0.2, -0.15) is 0 Å². The smallest absolute Gasteiger partial charge is 0.326 e. The third kappa shape index (κ3) is 10.0. The third-order valence-electron chi connectivity index (χ3n) is 5.55. The SMILES string of the molecule is CC(C)CC(NC(=O)C(Cc1cnc[nH]1)NC(=O)C(Cc1cnc[nH]1)NC(=O)C(N)CCC(=O)O)C(=O)O. The Morgan fingerprint density at radius 1 is 0.842 bits per heavy atom. The molecule has 3 amide bonds. The van der Waals surface area contributed by atoms with Gasteiger partial charge in [0.25, 0.3) is 0 Å². The minimum absolute atomic E-state index is 0.0172. The van der Waals surface area contributed by atoms with Crippen LogP contribution in [0, 0.1) is 5.92 Å². The first-order valence-electron chi connectivity index (χ1n) is 12.0. The Kier molecular flexibility index (Phi) is 11.4. The number of H-pyrrole nitrogens is 2. The molecule has 0 aliphatic carbocycles. The van der Waals surface area contributed by atoms with Gasteiger partial charge in [0, 0.05) is 43.0 Å². The standard InChI is InChI=1S/C23H34N8O7/c1-12(2)5-18(23(37)38)31-22(36)17(7-14-9-26-11-28-14)30-21(35)16(6-13-8-25-10-27-13)29-20(34)15(24)3-4-19(32)33/h8-12,15-18H,3-7,24H2,1-2H3,(H,25,27)(H,26,28)(H,29,34)(H,30,35)(H,31,36)(H,32,33)(H,37,38). The van der Waals surface area contributed by atoms with E-state index < -0.39 is 53.8 Å².